The Morgan fingerprint density at radius 2 is 1.26 bits per heavy atom. The smallest absolute Gasteiger partial charge is 0.246 e. The summed E-state index contributed by atoms with van der Waals surface area (Å²) in [5, 5.41) is 11.6. The number of methoxy groups -OCH3 is 1. The number of likely N-dealkylation sites (N-methyl/N-ethyl adjacent to an activating group) is 6. The topological polar surface area (TPSA) is 288 Å². The molecule has 4 N–H and O–H groups in total. The summed E-state index contributed by atoms with van der Waals surface area (Å²) in [6.07, 6.45) is 2.25. The maximum Gasteiger partial charge on any atom is 0.246 e. The summed E-state index contributed by atoms with van der Waals surface area (Å²) in [5.74, 6) is -8.48. The quantitative estimate of drug-likeness (QED) is 0.159. The summed E-state index contributed by atoms with van der Waals surface area (Å²) in [5.41, 5.74) is 1.02. The van der Waals surface area contributed by atoms with Crippen molar-refractivity contribution >= 4 is 93.5 Å². The molecule has 12 amide bonds. The van der Waals surface area contributed by atoms with Crippen molar-refractivity contribution in [1.29, 1.82) is 0 Å². The lowest BCUT2D eigenvalue weighted by atomic mass is 9.94. The van der Waals surface area contributed by atoms with Crippen LogP contribution in [0.5, 0.6) is 5.75 Å². The predicted octanol–water partition coefficient (Wildman–Crippen LogP) is 4.75. The van der Waals surface area contributed by atoms with Gasteiger partial charge >= 0.3 is 0 Å². The van der Waals surface area contributed by atoms with Crippen molar-refractivity contribution in [2.24, 2.45) is 17.8 Å². The first-order valence-electron chi connectivity index (χ1n) is 35.3. The van der Waals surface area contributed by atoms with E-state index < -0.39 is 150 Å². The molecule has 0 aromatic heterocycles. The molecule has 3 heterocycles. The van der Waals surface area contributed by atoms with E-state index in [0.29, 0.717) is 54.8 Å². The van der Waals surface area contributed by atoms with E-state index in [4.69, 9.17) is 4.74 Å². The number of para-hydroxylation sites is 1. The van der Waals surface area contributed by atoms with Crippen LogP contribution in [-0.2, 0) is 76.8 Å². The lowest BCUT2D eigenvalue weighted by molar-refractivity contribution is -0.160. The van der Waals surface area contributed by atoms with E-state index in [1.54, 1.807) is 48.2 Å². The van der Waals surface area contributed by atoms with Crippen molar-refractivity contribution in [3.05, 3.63) is 98.6 Å². The Kier molecular flexibility index (Phi) is 29.7. The third-order valence-electron chi connectivity index (χ3n) is 20.3. The molecule has 10 atom stereocenters. The van der Waals surface area contributed by atoms with Gasteiger partial charge < -0.3 is 65.2 Å². The number of ether oxygens (including phenoxy) is 1. The van der Waals surface area contributed by atoms with Crippen LogP contribution < -0.4 is 26.0 Å². The Bertz CT molecular complexity index is 3470. The van der Waals surface area contributed by atoms with Crippen LogP contribution in [0.4, 0.5) is 0 Å². The average molecular weight is 1510 g/mol. The van der Waals surface area contributed by atoms with Crippen molar-refractivity contribution < 1.29 is 62.3 Å². The van der Waals surface area contributed by atoms with E-state index in [0.717, 1.165) is 20.5 Å². The van der Waals surface area contributed by atoms with E-state index in [1.807, 2.05) is 77.9 Å². The molecule has 3 saturated heterocycles. The van der Waals surface area contributed by atoms with E-state index in [1.165, 1.54) is 99.6 Å². The fourth-order valence-corrected chi connectivity index (χ4v) is 13.6. The minimum atomic E-state index is -1.78. The zero-order valence-corrected chi connectivity index (χ0v) is 64.4. The van der Waals surface area contributed by atoms with Gasteiger partial charge in [-0.1, -0.05) is 108 Å². The molecule has 3 aromatic carbocycles. The van der Waals surface area contributed by atoms with Gasteiger partial charge in [-0.15, -0.1) is 0 Å². The van der Waals surface area contributed by atoms with Crippen LogP contribution in [-0.4, -0.2) is 246 Å². The van der Waals surface area contributed by atoms with Gasteiger partial charge in [0.2, 0.25) is 70.9 Å². The third-order valence-corrected chi connectivity index (χ3v) is 21.0. The van der Waals surface area contributed by atoms with Crippen LogP contribution in [0.1, 0.15) is 136 Å². The molecule has 0 unspecified atom stereocenters. The zero-order chi connectivity index (χ0) is 75.1. The minimum absolute atomic E-state index is 0.00541. The molecule has 0 radical (unpaired) electrons. The highest BCUT2D eigenvalue weighted by Crippen LogP contribution is 2.28. The highest BCUT2D eigenvalue weighted by molar-refractivity contribution is 14.1. The van der Waals surface area contributed by atoms with Crippen molar-refractivity contribution in [3.63, 3.8) is 0 Å². The van der Waals surface area contributed by atoms with Gasteiger partial charge in [0.15, 0.2) is 0 Å². The first kappa shape index (κ1) is 81.8. The predicted molar refractivity (Wildman–Crippen MR) is 392 cm³/mol. The second-order valence-electron chi connectivity index (χ2n) is 29.0. The molecule has 101 heavy (non-hydrogen) atoms. The molecule has 26 heteroatoms. The number of hydrogen-bond acceptors (Lipinski definition) is 13. The Morgan fingerprint density at radius 3 is 1.85 bits per heavy atom. The van der Waals surface area contributed by atoms with Crippen LogP contribution in [0.15, 0.2) is 72.8 Å². The number of aryl methyl sites for hydroxylation is 1. The maximum absolute atomic E-state index is 15.4. The molecule has 0 bridgehead atoms. The summed E-state index contributed by atoms with van der Waals surface area (Å²) in [7, 11) is 10.0. The van der Waals surface area contributed by atoms with Gasteiger partial charge in [-0.05, 0) is 141 Å². The second-order valence-corrected chi connectivity index (χ2v) is 30.3. The van der Waals surface area contributed by atoms with Crippen LogP contribution in [0, 0.1) is 28.2 Å². The molecule has 3 aliphatic rings. The Morgan fingerprint density at radius 1 is 0.614 bits per heavy atom. The molecule has 0 saturated carbocycles. The number of nitrogens with one attached hydrogen (secondary N) is 4. The van der Waals surface area contributed by atoms with Crippen LogP contribution >= 0.6 is 22.6 Å². The molecule has 6 rings (SSSR count). The summed E-state index contributed by atoms with van der Waals surface area (Å²) in [6, 6.07) is 10.2. The molecule has 25 nitrogen and oxygen atoms in total. The fourth-order valence-electron chi connectivity index (χ4n) is 13.0. The SMILES string of the molecule is CC[C@H](C)[C@@H]1NC(=O)[C@H](CC(C)C)N(C)C(=O)C[C@@H](C(=O)N2CCCCC2)N(C)C(=O)[C@H](CC(C)C)NC(=O)C(C)(C)N(C)C(=O)[C@H](Cc2ccccc2OC)NC(=O)[C@H](Cc2cccc(I)c2)NC(=O)CN(C)C(=O)[C@H](Cc2ccc(C)cc2)N(C)C(=O)[C@@H]2CCN2C(=O)[C@H](C)N(C)C1=O. The molecular weight excluding hydrogens is 1400 g/mol. The number of halogens is 1. The largest absolute Gasteiger partial charge is 0.496 e. The number of piperidine rings is 1. The fraction of sp³-hybridized carbons (Fsp3) is 0.600. The number of carbonyl (C=O) groups excluding carboxylic acids is 12. The van der Waals surface area contributed by atoms with Crippen LogP contribution in [0.2, 0.25) is 0 Å². The van der Waals surface area contributed by atoms with Crippen molar-refractivity contribution in [2.45, 2.75) is 200 Å². The maximum atomic E-state index is 15.4. The van der Waals surface area contributed by atoms with Gasteiger partial charge in [-0.25, -0.2) is 0 Å². The molecule has 3 aromatic rings. The highest BCUT2D eigenvalue weighted by atomic mass is 127. The molecule has 0 aliphatic carbocycles. The van der Waals surface area contributed by atoms with Crippen molar-refractivity contribution in [2.75, 3.05) is 75.6 Å². The Labute approximate surface area is 610 Å². The van der Waals surface area contributed by atoms with Gasteiger partial charge in [-0.3, -0.25) is 57.5 Å². The van der Waals surface area contributed by atoms with Gasteiger partial charge in [0.1, 0.15) is 65.7 Å². The lowest BCUT2D eigenvalue weighted by Gasteiger charge is -2.45. The number of rotatable bonds is 14. The number of nitrogens with zero attached hydrogens (tertiary/aromatic N) is 8. The minimum Gasteiger partial charge on any atom is -0.496 e. The number of hydrogen-bond donors (Lipinski definition) is 4. The first-order valence-corrected chi connectivity index (χ1v) is 36.4. The molecule has 554 valence electrons. The van der Waals surface area contributed by atoms with Gasteiger partial charge in [0.05, 0.1) is 20.1 Å². The van der Waals surface area contributed by atoms with Crippen LogP contribution in [0.25, 0.3) is 0 Å². The Hall–Kier alpha value is -8.17. The monoisotopic (exact) mass is 1510 g/mol. The summed E-state index contributed by atoms with van der Waals surface area (Å²) in [6.45, 7) is 17.8. The van der Waals surface area contributed by atoms with Gasteiger partial charge in [0.25, 0.3) is 0 Å². The van der Waals surface area contributed by atoms with E-state index >= 15 is 28.8 Å². The Balaban J connectivity index is 1.47. The summed E-state index contributed by atoms with van der Waals surface area (Å²) >= 11 is 2.13. The third kappa shape index (κ3) is 21.0. The highest BCUT2D eigenvalue weighted by Gasteiger charge is 2.47. The average Bonchev–Trinajstić information content (AvgIpc) is 0.786. The molecule has 0 spiro atoms. The van der Waals surface area contributed by atoms with E-state index in [9.17, 15) is 28.8 Å². The van der Waals surface area contributed by atoms with Crippen molar-refractivity contribution in [1.82, 2.24) is 60.5 Å². The van der Waals surface area contributed by atoms with E-state index in [-0.39, 0.29) is 56.9 Å². The zero-order valence-electron chi connectivity index (χ0n) is 62.2. The van der Waals surface area contributed by atoms with Gasteiger partial charge in [-0.2, -0.15) is 0 Å². The number of carbonyl (C=O) groups is 12. The first-order chi connectivity index (χ1) is 47.5. The lowest BCUT2D eigenvalue weighted by Crippen LogP contribution is -2.65. The van der Waals surface area contributed by atoms with Crippen LogP contribution in [0.3, 0.4) is 0 Å². The van der Waals surface area contributed by atoms with E-state index in [2.05, 4.69) is 43.9 Å². The summed E-state index contributed by atoms with van der Waals surface area (Å²) in [4.78, 5) is 190. The molecular formula is C75H109IN12O13. The number of likely N-dealkylation sites (tertiary alicyclic amines) is 1. The number of benzene rings is 3. The summed E-state index contributed by atoms with van der Waals surface area (Å²) < 4.78 is 6.54. The number of amides is 12. The second kappa shape index (κ2) is 36.6. The standard InChI is InChI=1S/C75H109IN12O13/c1-18-48(7)64-73(99)82(12)49(8)67(93)88-36-33-57(88)71(97)85(15)59(41-50-31-29-47(6)30-32-50)70(96)81(11)44-62(89)77-54(40-51-25-24-27-53(76)39-51)65(91)78-56(42-52-26-20-21-28-61(52)101-17)69(95)86(16)75(9,10)74(100)79-55(37-45(2)3)68(94)84(14)60(72(98)87-34-22-19-23-35-87)43-63(90)83(13)58(38-46(4)5)66(92)80-64/h20-21,24-32,39,45-46,48-49,54-60,64H,18-19,22-23,33-38,40-44H2,1-17H3,(H,77,89)(H,78,91)(H,79,100)(H,80,92)/t48-,49-,54-,55-,56-,57-,58-,59-,60-,64-/m0/s1. The number of fused-ring (bicyclic) bond motifs is 1. The molecule has 3 fully saturated rings. The van der Waals surface area contributed by atoms with Gasteiger partial charge in [0, 0.05) is 84.8 Å². The van der Waals surface area contributed by atoms with Crippen molar-refractivity contribution in [3.8, 4) is 5.75 Å². The molecule has 3 aliphatic heterocycles. The normalized spacial score (nSPS) is 25.0.